The van der Waals surface area contributed by atoms with E-state index >= 15 is 0 Å². The Balaban J connectivity index is 2.20. The standard InChI is InChI=1S/C18H16FNO6S2/c1-27(22,23)16-7-4-12(10-15(16)19)17(14-8-9-26-18(14)21)11-2-5-13(6-3-11)28(20,24)25/h2-7,10H,8-9H2,1H3,(H2,20,24,25)/b17-14-. The lowest BCUT2D eigenvalue weighted by atomic mass is 9.92. The van der Waals surface area contributed by atoms with Gasteiger partial charge in [0.1, 0.15) is 10.7 Å². The Labute approximate surface area is 161 Å². The van der Waals surface area contributed by atoms with E-state index in [0.29, 0.717) is 11.1 Å². The van der Waals surface area contributed by atoms with Crippen LogP contribution < -0.4 is 5.14 Å². The number of carbonyl (C=O) groups is 1. The number of hydrogen-bond donors (Lipinski definition) is 1. The molecular formula is C18H16FNO6S2. The summed E-state index contributed by atoms with van der Waals surface area (Å²) >= 11 is 0. The fraction of sp³-hybridized carbons (Fsp3) is 0.167. The molecule has 0 bridgehead atoms. The monoisotopic (exact) mass is 425 g/mol. The first kappa shape index (κ1) is 20.2. The van der Waals surface area contributed by atoms with Crippen LogP contribution in [0.2, 0.25) is 0 Å². The quantitative estimate of drug-likeness (QED) is 0.587. The maximum Gasteiger partial charge on any atom is 0.334 e. The molecule has 7 nitrogen and oxygen atoms in total. The van der Waals surface area contributed by atoms with Gasteiger partial charge < -0.3 is 4.74 Å². The minimum atomic E-state index is -3.90. The topological polar surface area (TPSA) is 121 Å². The third kappa shape index (κ3) is 3.98. The molecule has 0 radical (unpaired) electrons. The number of benzene rings is 2. The van der Waals surface area contributed by atoms with Gasteiger partial charge in [0.25, 0.3) is 0 Å². The van der Waals surface area contributed by atoms with Gasteiger partial charge in [-0.3, -0.25) is 0 Å². The van der Waals surface area contributed by atoms with E-state index < -0.39 is 36.5 Å². The van der Waals surface area contributed by atoms with Crippen LogP contribution in [0, 0.1) is 5.82 Å². The molecule has 1 fully saturated rings. The van der Waals surface area contributed by atoms with E-state index in [4.69, 9.17) is 9.88 Å². The van der Waals surface area contributed by atoms with E-state index in [0.717, 1.165) is 18.4 Å². The fourth-order valence-electron chi connectivity index (χ4n) is 2.95. The van der Waals surface area contributed by atoms with Crippen LogP contribution in [0.4, 0.5) is 4.39 Å². The fourth-order valence-corrected chi connectivity index (χ4v) is 4.19. The molecule has 2 aromatic rings. The van der Waals surface area contributed by atoms with Crippen LogP contribution >= 0.6 is 0 Å². The summed E-state index contributed by atoms with van der Waals surface area (Å²) in [5.41, 5.74) is 1.33. The molecule has 148 valence electrons. The molecule has 10 heteroatoms. The van der Waals surface area contributed by atoms with Crippen LogP contribution in [0.3, 0.4) is 0 Å². The zero-order chi connectivity index (χ0) is 20.7. The zero-order valence-corrected chi connectivity index (χ0v) is 16.3. The molecule has 0 spiro atoms. The second-order valence-electron chi connectivity index (χ2n) is 6.23. The number of primary sulfonamides is 1. The normalized spacial score (nSPS) is 16.8. The maximum atomic E-state index is 14.4. The molecule has 0 atom stereocenters. The predicted octanol–water partition coefficient (Wildman–Crippen LogP) is 1.63. The van der Waals surface area contributed by atoms with Crippen molar-refractivity contribution < 1.29 is 30.8 Å². The number of sulfone groups is 1. The molecule has 1 heterocycles. The zero-order valence-electron chi connectivity index (χ0n) is 14.7. The summed E-state index contributed by atoms with van der Waals surface area (Å²) in [6.45, 7) is 0.164. The molecule has 1 saturated heterocycles. The van der Waals surface area contributed by atoms with E-state index in [1.807, 2.05) is 0 Å². The summed E-state index contributed by atoms with van der Waals surface area (Å²) in [7, 11) is -7.66. The Morgan fingerprint density at radius 1 is 1.04 bits per heavy atom. The van der Waals surface area contributed by atoms with Crippen LogP contribution in [-0.4, -0.2) is 35.7 Å². The summed E-state index contributed by atoms with van der Waals surface area (Å²) in [4.78, 5) is 11.5. The van der Waals surface area contributed by atoms with Crippen molar-refractivity contribution in [3.63, 3.8) is 0 Å². The lowest BCUT2D eigenvalue weighted by molar-refractivity contribution is -0.135. The SMILES string of the molecule is CS(=O)(=O)c1ccc(/C(=C2/CCOC2=O)c2ccc(S(N)(=O)=O)cc2)cc1F. The van der Waals surface area contributed by atoms with Gasteiger partial charge in [0.2, 0.25) is 10.0 Å². The van der Waals surface area contributed by atoms with E-state index in [2.05, 4.69) is 0 Å². The van der Waals surface area contributed by atoms with Gasteiger partial charge in [0.05, 0.1) is 11.5 Å². The number of hydrogen-bond acceptors (Lipinski definition) is 6. The Kier molecular flexibility index (Phi) is 5.13. The number of sulfonamides is 1. The van der Waals surface area contributed by atoms with Gasteiger partial charge in [-0.2, -0.15) is 0 Å². The average Bonchev–Trinajstić information content (AvgIpc) is 2.99. The predicted molar refractivity (Wildman–Crippen MR) is 98.9 cm³/mol. The van der Waals surface area contributed by atoms with Gasteiger partial charge in [0.15, 0.2) is 9.84 Å². The van der Waals surface area contributed by atoms with Gasteiger partial charge in [-0.15, -0.1) is 0 Å². The third-order valence-corrected chi connectivity index (χ3v) is 6.28. The number of rotatable bonds is 4. The van der Waals surface area contributed by atoms with Crippen LogP contribution in [0.25, 0.3) is 5.57 Å². The van der Waals surface area contributed by atoms with Gasteiger partial charge in [-0.25, -0.2) is 31.2 Å². The molecule has 0 amide bonds. The van der Waals surface area contributed by atoms with Crippen LogP contribution in [0.1, 0.15) is 17.5 Å². The third-order valence-electron chi connectivity index (χ3n) is 4.22. The molecule has 0 unspecified atom stereocenters. The van der Waals surface area contributed by atoms with Crippen molar-refractivity contribution in [2.45, 2.75) is 16.2 Å². The molecule has 28 heavy (non-hydrogen) atoms. The lowest BCUT2D eigenvalue weighted by Crippen LogP contribution is -2.12. The van der Waals surface area contributed by atoms with Crippen molar-refractivity contribution in [2.75, 3.05) is 12.9 Å². The first-order valence-electron chi connectivity index (χ1n) is 8.02. The Bertz CT molecular complexity index is 1200. The number of cyclic esters (lactones) is 1. The maximum absolute atomic E-state index is 14.4. The largest absolute Gasteiger partial charge is 0.462 e. The molecule has 3 rings (SSSR count). The summed E-state index contributed by atoms with van der Waals surface area (Å²) in [5.74, 6) is -1.52. The molecule has 0 aliphatic carbocycles. The van der Waals surface area contributed by atoms with E-state index in [1.165, 1.54) is 30.3 Å². The smallest absolute Gasteiger partial charge is 0.334 e. The highest BCUT2D eigenvalue weighted by atomic mass is 32.2. The van der Waals surface area contributed by atoms with Gasteiger partial charge in [-0.05, 0) is 41.0 Å². The molecule has 2 aromatic carbocycles. The number of esters is 1. The molecule has 0 aromatic heterocycles. The minimum Gasteiger partial charge on any atom is -0.462 e. The van der Waals surface area contributed by atoms with Crippen molar-refractivity contribution >= 4 is 31.4 Å². The van der Waals surface area contributed by atoms with Crippen molar-refractivity contribution in [3.8, 4) is 0 Å². The first-order valence-corrected chi connectivity index (χ1v) is 11.5. The van der Waals surface area contributed by atoms with E-state index in [9.17, 15) is 26.0 Å². The number of ether oxygens (including phenoxy) is 1. The molecule has 0 saturated carbocycles. The Morgan fingerprint density at radius 3 is 2.11 bits per heavy atom. The molecule has 1 aliphatic heterocycles. The van der Waals surface area contributed by atoms with Gasteiger partial charge in [-0.1, -0.05) is 18.2 Å². The van der Waals surface area contributed by atoms with Gasteiger partial charge in [0, 0.05) is 18.2 Å². The van der Waals surface area contributed by atoms with Crippen LogP contribution in [-0.2, 0) is 29.4 Å². The van der Waals surface area contributed by atoms with Crippen molar-refractivity contribution in [2.24, 2.45) is 5.14 Å². The highest BCUT2D eigenvalue weighted by molar-refractivity contribution is 7.90. The Hall–Kier alpha value is -2.56. The number of carbonyl (C=O) groups excluding carboxylic acids is 1. The average molecular weight is 425 g/mol. The van der Waals surface area contributed by atoms with Crippen LogP contribution in [0.5, 0.6) is 0 Å². The number of nitrogens with two attached hydrogens (primary N) is 1. The van der Waals surface area contributed by atoms with Crippen LogP contribution in [0.15, 0.2) is 57.8 Å². The van der Waals surface area contributed by atoms with Gasteiger partial charge >= 0.3 is 5.97 Å². The van der Waals surface area contributed by atoms with E-state index in [1.54, 1.807) is 0 Å². The second-order valence-corrected chi connectivity index (χ2v) is 9.77. The Morgan fingerprint density at radius 2 is 1.64 bits per heavy atom. The number of halogens is 1. The molecular weight excluding hydrogens is 409 g/mol. The minimum absolute atomic E-state index is 0.117. The second kappa shape index (κ2) is 7.12. The highest BCUT2D eigenvalue weighted by Gasteiger charge is 2.26. The molecule has 2 N–H and O–H groups in total. The van der Waals surface area contributed by atoms with Crippen molar-refractivity contribution in [1.82, 2.24) is 0 Å². The highest BCUT2D eigenvalue weighted by Crippen LogP contribution is 2.33. The summed E-state index contributed by atoms with van der Waals surface area (Å²) in [5, 5.41) is 5.10. The van der Waals surface area contributed by atoms with E-state index in [-0.39, 0.29) is 29.1 Å². The summed E-state index contributed by atoms with van der Waals surface area (Å²) in [6.07, 6.45) is 1.17. The summed E-state index contributed by atoms with van der Waals surface area (Å²) in [6, 6.07) is 8.96. The molecule has 1 aliphatic rings. The van der Waals surface area contributed by atoms with Crippen molar-refractivity contribution in [1.29, 1.82) is 0 Å². The summed E-state index contributed by atoms with van der Waals surface area (Å²) < 4.78 is 65.6. The first-order chi connectivity index (χ1) is 13.0. The van der Waals surface area contributed by atoms with Crippen molar-refractivity contribution in [3.05, 3.63) is 65.0 Å². The lowest BCUT2D eigenvalue weighted by Gasteiger charge is -2.13.